The molecule has 0 unspecified atom stereocenters. The largest absolute Gasteiger partial charge is 0.561 e. The molecule has 2 rings (SSSR count). The average Bonchev–Trinajstić information content (AvgIpc) is 2.54. The summed E-state index contributed by atoms with van der Waals surface area (Å²) in [6, 6.07) is 9.09. The van der Waals surface area contributed by atoms with E-state index in [4.69, 9.17) is 15.3 Å². The van der Waals surface area contributed by atoms with Gasteiger partial charge in [0.25, 0.3) is 5.91 Å². The Kier molecular flexibility index (Phi) is 4.70. The fourth-order valence-corrected chi connectivity index (χ4v) is 1.90. The highest BCUT2D eigenvalue weighted by molar-refractivity contribution is 6.12. The summed E-state index contributed by atoms with van der Waals surface area (Å²) in [6.45, 7) is 0. The molecule has 2 aromatic carbocycles. The van der Waals surface area contributed by atoms with Gasteiger partial charge in [0.05, 0.1) is 7.11 Å². The third-order valence-electron chi connectivity index (χ3n) is 3.08. The fraction of sp³-hybridized carbons (Fsp3) is 0.0625. The van der Waals surface area contributed by atoms with Crippen molar-refractivity contribution < 1.29 is 23.8 Å². The maximum absolute atomic E-state index is 12.8. The van der Waals surface area contributed by atoms with Crippen molar-refractivity contribution in [2.45, 2.75) is 0 Å². The molecule has 118 valence electrons. The number of amides is 1. The average molecular weight is 317 g/mol. The molecule has 7 heteroatoms. The van der Waals surface area contributed by atoms with Crippen LogP contribution in [0.4, 0.5) is 4.39 Å². The predicted molar refractivity (Wildman–Crippen MR) is 81.6 cm³/mol. The number of carbonyl (C=O) groups is 2. The monoisotopic (exact) mass is 317 g/mol. The van der Waals surface area contributed by atoms with E-state index in [9.17, 15) is 14.0 Å². The molecule has 0 spiro atoms. The number of hydrogen-bond acceptors (Lipinski definition) is 4. The Hall–Kier alpha value is -3.22. The molecule has 0 aromatic heterocycles. The summed E-state index contributed by atoms with van der Waals surface area (Å²) in [5.74, 6) is -2.04. The van der Waals surface area contributed by atoms with Crippen LogP contribution in [0.5, 0.6) is 5.75 Å². The molecule has 23 heavy (non-hydrogen) atoms. The van der Waals surface area contributed by atoms with Gasteiger partial charge in [0.15, 0.2) is 5.56 Å². The Balaban J connectivity index is 2.20. The first-order chi connectivity index (χ1) is 10.9. The zero-order valence-electron chi connectivity index (χ0n) is 12.1. The van der Waals surface area contributed by atoms with Gasteiger partial charge in [0.2, 0.25) is 0 Å². The lowest BCUT2D eigenvalue weighted by atomic mass is 10.1. The van der Waals surface area contributed by atoms with Crippen LogP contribution >= 0.6 is 0 Å². The van der Waals surface area contributed by atoms with Gasteiger partial charge in [-0.05, 0) is 42.5 Å². The molecule has 0 aliphatic heterocycles. The van der Waals surface area contributed by atoms with Crippen molar-refractivity contribution in [3.8, 4) is 5.75 Å². The number of hydrogen-bond donors (Lipinski definition) is 2. The van der Waals surface area contributed by atoms with Crippen molar-refractivity contribution in [2.75, 3.05) is 7.11 Å². The molecule has 0 heterocycles. The van der Waals surface area contributed by atoms with Gasteiger partial charge in [0, 0.05) is 15.9 Å². The second-order valence-corrected chi connectivity index (χ2v) is 4.58. The zero-order chi connectivity index (χ0) is 17.0. The van der Waals surface area contributed by atoms with Crippen LogP contribution in [0.25, 0.3) is 0 Å². The van der Waals surface area contributed by atoms with Gasteiger partial charge < -0.3 is 15.2 Å². The third kappa shape index (κ3) is 3.70. The van der Waals surface area contributed by atoms with Crippen molar-refractivity contribution in [1.82, 2.24) is 5.32 Å². The maximum Gasteiger partial charge on any atom is 0.552 e. The van der Waals surface area contributed by atoms with E-state index < -0.39 is 17.7 Å². The maximum atomic E-state index is 12.8. The van der Waals surface area contributed by atoms with E-state index in [0.29, 0.717) is 0 Å². The fourth-order valence-electron chi connectivity index (χ4n) is 1.90. The molecular formula is C16H14FN2O4+. The van der Waals surface area contributed by atoms with E-state index in [0.717, 1.165) is 12.1 Å². The molecule has 0 fully saturated rings. The molecule has 0 bridgehead atoms. The van der Waals surface area contributed by atoms with Crippen molar-refractivity contribution in [3.05, 3.63) is 65.0 Å². The van der Waals surface area contributed by atoms with Gasteiger partial charge in [-0.3, -0.25) is 10.2 Å². The van der Waals surface area contributed by atoms with Gasteiger partial charge in [-0.25, -0.2) is 4.39 Å². The predicted octanol–water partition coefficient (Wildman–Crippen LogP) is 1.45. The summed E-state index contributed by atoms with van der Waals surface area (Å²) in [5, 5.41) is 17.4. The molecule has 0 radical (unpaired) electrons. The summed E-state index contributed by atoms with van der Waals surface area (Å²) < 4.78 is 17.8. The summed E-state index contributed by atoms with van der Waals surface area (Å²) >= 11 is 0. The highest BCUT2D eigenvalue weighted by atomic mass is 19.1. The molecule has 0 atom stereocenters. The molecule has 6 nitrogen and oxygen atoms in total. The number of rotatable bonds is 4. The lowest BCUT2D eigenvalue weighted by molar-refractivity contribution is 0.0693. The van der Waals surface area contributed by atoms with E-state index in [2.05, 4.69) is 5.32 Å². The van der Waals surface area contributed by atoms with Gasteiger partial charge in [-0.2, -0.15) is 0 Å². The van der Waals surface area contributed by atoms with E-state index >= 15 is 0 Å². The molecule has 0 aliphatic carbocycles. The summed E-state index contributed by atoms with van der Waals surface area (Å²) in [4.78, 5) is 23.2. The van der Waals surface area contributed by atoms with Gasteiger partial charge in [0.1, 0.15) is 17.4 Å². The highest BCUT2D eigenvalue weighted by Gasteiger charge is 2.20. The highest BCUT2D eigenvalue weighted by Crippen LogP contribution is 2.20. The van der Waals surface area contributed by atoms with Crippen molar-refractivity contribution in [3.63, 3.8) is 0 Å². The first-order valence-electron chi connectivity index (χ1n) is 6.52. The van der Waals surface area contributed by atoms with E-state index in [1.807, 2.05) is 0 Å². The third-order valence-corrected chi connectivity index (χ3v) is 3.08. The summed E-state index contributed by atoms with van der Waals surface area (Å²) in [6.07, 6.45) is 0. The molecule has 0 saturated heterocycles. The van der Waals surface area contributed by atoms with Crippen LogP contribution in [0.15, 0.2) is 42.5 Å². The van der Waals surface area contributed by atoms with Crippen LogP contribution in [0.2, 0.25) is 0 Å². The quantitative estimate of drug-likeness (QED) is 0.507. The van der Waals surface area contributed by atoms with Crippen molar-refractivity contribution in [2.24, 2.45) is 0 Å². The summed E-state index contributed by atoms with van der Waals surface area (Å²) in [5.41, 5.74) is 0.434. The zero-order valence-corrected chi connectivity index (χ0v) is 12.1. The van der Waals surface area contributed by atoms with Crippen LogP contribution in [0.1, 0.15) is 26.3 Å². The van der Waals surface area contributed by atoms with Crippen LogP contribution in [0, 0.1) is 11.2 Å². The van der Waals surface area contributed by atoms with Crippen molar-refractivity contribution >= 4 is 17.7 Å². The second kappa shape index (κ2) is 6.69. The van der Waals surface area contributed by atoms with Gasteiger partial charge in [-0.15, -0.1) is 0 Å². The number of carbonyl (C=O) groups excluding carboxylic acids is 2. The Morgan fingerprint density at radius 3 is 2.30 bits per heavy atom. The Bertz CT molecular complexity index is 772. The van der Waals surface area contributed by atoms with Crippen LogP contribution in [0.3, 0.4) is 0 Å². The minimum absolute atomic E-state index is 0.00854. The molecule has 0 aliphatic rings. The molecule has 0 saturated carbocycles. The first-order valence-corrected chi connectivity index (χ1v) is 6.52. The number of amidine groups is 1. The normalized spacial score (nSPS) is 10.0. The van der Waals surface area contributed by atoms with E-state index in [1.165, 1.54) is 37.4 Å². The SMILES string of the molecule is COc1ccc(C(=N)NC(=O)c2ccc(F)cc2)cc1C(=O)[OH2+]. The number of ether oxygens (including phenoxy) is 1. The van der Waals surface area contributed by atoms with Crippen LogP contribution < -0.4 is 10.1 Å². The minimum atomic E-state index is -0.957. The van der Waals surface area contributed by atoms with Gasteiger partial charge >= 0.3 is 5.97 Å². The number of benzene rings is 2. The first kappa shape index (κ1) is 16.2. The summed E-state index contributed by atoms with van der Waals surface area (Å²) in [7, 11) is 1.36. The van der Waals surface area contributed by atoms with Gasteiger partial charge in [-0.1, -0.05) is 0 Å². The Morgan fingerprint density at radius 2 is 1.74 bits per heavy atom. The smallest absolute Gasteiger partial charge is 0.552 e. The number of halogens is 1. The number of nitrogens with one attached hydrogen (secondary N) is 2. The lowest BCUT2D eigenvalue weighted by Crippen LogP contribution is -2.30. The minimum Gasteiger partial charge on any atom is -0.561 e. The topological polar surface area (TPSA) is 102 Å². The molecule has 4 N–H and O–H groups in total. The molecule has 1 amide bonds. The van der Waals surface area contributed by atoms with E-state index in [1.54, 1.807) is 0 Å². The second-order valence-electron chi connectivity index (χ2n) is 4.58. The van der Waals surface area contributed by atoms with Crippen molar-refractivity contribution in [1.29, 1.82) is 5.41 Å². The van der Waals surface area contributed by atoms with E-state index in [-0.39, 0.29) is 28.3 Å². The standard InChI is InChI=1S/C16H13FN2O4/c1-23-13-7-4-10(8-12(13)16(21)22)14(18)19-15(20)9-2-5-11(17)6-3-9/h2-8H,1H3,(H,21,22)(H2,18,19,20)/p+1. The number of methoxy groups -OCH3 is 1. The molecular weight excluding hydrogens is 303 g/mol. The molecule has 2 aromatic rings. The van der Waals surface area contributed by atoms with Crippen LogP contribution in [-0.4, -0.2) is 29.9 Å². The Morgan fingerprint density at radius 1 is 1.13 bits per heavy atom. The Labute approximate surface area is 131 Å². The lowest BCUT2D eigenvalue weighted by Gasteiger charge is -2.09. The van der Waals surface area contributed by atoms with Crippen LogP contribution in [-0.2, 0) is 0 Å².